The summed E-state index contributed by atoms with van der Waals surface area (Å²) in [5.41, 5.74) is 0.614. The highest BCUT2D eigenvalue weighted by molar-refractivity contribution is 6.36. The van der Waals surface area contributed by atoms with Crippen LogP contribution in [0.5, 0.6) is 0 Å². The molecule has 0 saturated heterocycles. The minimum atomic E-state index is -1.27. The number of carboxylic acid groups (broad SMARTS) is 1. The summed E-state index contributed by atoms with van der Waals surface area (Å²) in [5.74, 6) is -4.03. The summed E-state index contributed by atoms with van der Waals surface area (Å²) >= 11 is 12.0. The summed E-state index contributed by atoms with van der Waals surface area (Å²) in [6, 6.07) is 6.50. The van der Waals surface area contributed by atoms with Crippen LogP contribution in [0.25, 0.3) is 0 Å². The molecule has 8 heteroatoms. The standard InChI is InChI=1S/C17H13Cl2F2NO3/c18-11-2-1-3-12(19)10(11)8-15(17(24)25)22-16(23)7-9-4-5-13(20)14(21)6-9/h1-6,15H,7-8H2,(H,22,23)(H,24,25)/t15-/m0/s1. The quantitative estimate of drug-likeness (QED) is 0.795. The zero-order valence-corrected chi connectivity index (χ0v) is 14.2. The Balaban J connectivity index is 2.09. The SMILES string of the molecule is O=C(Cc1ccc(F)c(F)c1)N[C@@H](Cc1c(Cl)cccc1Cl)C(=O)O. The third-order valence-corrected chi connectivity index (χ3v) is 4.16. The smallest absolute Gasteiger partial charge is 0.326 e. The van der Waals surface area contributed by atoms with Gasteiger partial charge >= 0.3 is 5.97 Å². The minimum Gasteiger partial charge on any atom is -0.480 e. The van der Waals surface area contributed by atoms with Gasteiger partial charge in [-0.15, -0.1) is 0 Å². The van der Waals surface area contributed by atoms with E-state index in [0.29, 0.717) is 5.56 Å². The second-order valence-corrected chi connectivity index (χ2v) is 6.10. The van der Waals surface area contributed by atoms with Gasteiger partial charge in [0.05, 0.1) is 6.42 Å². The lowest BCUT2D eigenvalue weighted by atomic mass is 10.0. The van der Waals surface area contributed by atoms with Gasteiger partial charge in [0.2, 0.25) is 5.91 Å². The Bertz CT molecular complexity index is 794. The maximum Gasteiger partial charge on any atom is 0.326 e. The van der Waals surface area contributed by atoms with Crippen LogP contribution < -0.4 is 5.32 Å². The van der Waals surface area contributed by atoms with Crippen molar-refractivity contribution in [3.63, 3.8) is 0 Å². The summed E-state index contributed by atoms with van der Waals surface area (Å²) in [7, 11) is 0. The number of hydrogen-bond donors (Lipinski definition) is 2. The van der Waals surface area contributed by atoms with Crippen molar-refractivity contribution in [3.8, 4) is 0 Å². The maximum absolute atomic E-state index is 13.2. The molecule has 0 spiro atoms. The van der Waals surface area contributed by atoms with E-state index < -0.39 is 29.6 Å². The number of aliphatic carboxylic acids is 1. The zero-order valence-electron chi connectivity index (χ0n) is 12.7. The van der Waals surface area contributed by atoms with Crippen LogP contribution in [0.1, 0.15) is 11.1 Å². The predicted molar refractivity (Wildman–Crippen MR) is 89.8 cm³/mol. The third kappa shape index (κ3) is 5.14. The van der Waals surface area contributed by atoms with E-state index in [1.54, 1.807) is 18.2 Å². The molecule has 0 aliphatic heterocycles. The number of hydrogen-bond acceptors (Lipinski definition) is 2. The Morgan fingerprint density at radius 3 is 2.28 bits per heavy atom. The Labute approximate surface area is 152 Å². The number of rotatable bonds is 6. The number of halogens is 4. The van der Waals surface area contributed by atoms with Gasteiger partial charge in [-0.2, -0.15) is 0 Å². The molecule has 1 atom stereocenters. The number of benzene rings is 2. The molecular formula is C17H13Cl2F2NO3. The Morgan fingerprint density at radius 1 is 1.08 bits per heavy atom. The van der Waals surface area contributed by atoms with E-state index in [1.165, 1.54) is 6.07 Å². The molecule has 4 nitrogen and oxygen atoms in total. The molecule has 2 aromatic rings. The molecule has 2 N–H and O–H groups in total. The lowest BCUT2D eigenvalue weighted by Gasteiger charge is -2.16. The molecule has 0 aromatic heterocycles. The van der Waals surface area contributed by atoms with E-state index in [1.807, 2.05) is 0 Å². The van der Waals surface area contributed by atoms with Crippen molar-refractivity contribution in [3.05, 3.63) is 69.2 Å². The van der Waals surface area contributed by atoms with Crippen LogP contribution in [0.3, 0.4) is 0 Å². The molecule has 0 aliphatic rings. The summed E-state index contributed by atoms with van der Waals surface area (Å²) in [6.45, 7) is 0. The molecule has 0 bridgehead atoms. The second-order valence-electron chi connectivity index (χ2n) is 5.29. The van der Waals surface area contributed by atoms with Gasteiger partial charge in [-0.25, -0.2) is 13.6 Å². The van der Waals surface area contributed by atoms with Crippen molar-refractivity contribution >= 4 is 35.1 Å². The summed E-state index contributed by atoms with van der Waals surface area (Å²) in [5, 5.41) is 12.2. The average molecular weight is 388 g/mol. The van der Waals surface area contributed by atoms with Crippen LogP contribution in [-0.2, 0) is 22.4 Å². The van der Waals surface area contributed by atoms with Gasteiger partial charge in [0, 0.05) is 16.5 Å². The topological polar surface area (TPSA) is 66.4 Å². The van der Waals surface area contributed by atoms with Gasteiger partial charge in [0.25, 0.3) is 0 Å². The molecule has 2 aromatic carbocycles. The first-order chi connectivity index (χ1) is 11.8. The highest BCUT2D eigenvalue weighted by atomic mass is 35.5. The van der Waals surface area contributed by atoms with Gasteiger partial charge in [-0.1, -0.05) is 35.3 Å². The summed E-state index contributed by atoms with van der Waals surface area (Å²) in [6.07, 6.45) is -0.408. The fraction of sp³-hybridized carbons (Fsp3) is 0.176. The van der Waals surface area contributed by atoms with Gasteiger partial charge in [-0.05, 0) is 35.4 Å². The fourth-order valence-electron chi connectivity index (χ4n) is 2.21. The van der Waals surface area contributed by atoms with Gasteiger partial charge in [-0.3, -0.25) is 4.79 Å². The van der Waals surface area contributed by atoms with Crippen molar-refractivity contribution < 1.29 is 23.5 Å². The highest BCUT2D eigenvalue weighted by Gasteiger charge is 2.23. The van der Waals surface area contributed by atoms with Gasteiger partial charge < -0.3 is 10.4 Å². The molecule has 2 rings (SSSR count). The van der Waals surface area contributed by atoms with Crippen molar-refractivity contribution in [2.24, 2.45) is 0 Å². The van der Waals surface area contributed by atoms with E-state index in [0.717, 1.165) is 12.1 Å². The molecule has 0 saturated carbocycles. The largest absolute Gasteiger partial charge is 0.480 e. The molecule has 0 heterocycles. The predicted octanol–water partition coefficient (Wildman–Crippen LogP) is 3.63. The van der Waals surface area contributed by atoms with E-state index in [-0.39, 0.29) is 28.5 Å². The average Bonchev–Trinajstić information content (AvgIpc) is 2.53. The van der Waals surface area contributed by atoms with Crippen molar-refractivity contribution in [2.45, 2.75) is 18.9 Å². The molecule has 132 valence electrons. The second kappa shape index (κ2) is 8.27. The third-order valence-electron chi connectivity index (χ3n) is 3.45. The molecule has 0 unspecified atom stereocenters. The first kappa shape index (κ1) is 19.1. The molecule has 0 fully saturated rings. The first-order valence-electron chi connectivity index (χ1n) is 7.17. The first-order valence-corrected chi connectivity index (χ1v) is 7.92. The van der Waals surface area contributed by atoms with E-state index in [9.17, 15) is 23.5 Å². The van der Waals surface area contributed by atoms with Crippen LogP contribution in [-0.4, -0.2) is 23.0 Å². The van der Waals surface area contributed by atoms with E-state index >= 15 is 0 Å². The number of carbonyl (C=O) groups excluding carboxylic acids is 1. The maximum atomic E-state index is 13.2. The molecule has 25 heavy (non-hydrogen) atoms. The number of carboxylic acids is 1. The van der Waals surface area contributed by atoms with Crippen LogP contribution in [0.15, 0.2) is 36.4 Å². The Kier molecular flexibility index (Phi) is 6.33. The summed E-state index contributed by atoms with van der Waals surface area (Å²) < 4.78 is 26.1. The van der Waals surface area contributed by atoms with E-state index in [4.69, 9.17) is 23.2 Å². The molecule has 0 aliphatic carbocycles. The highest BCUT2D eigenvalue weighted by Crippen LogP contribution is 2.25. The lowest BCUT2D eigenvalue weighted by Crippen LogP contribution is -2.43. The normalized spacial score (nSPS) is 11.8. The minimum absolute atomic E-state index is 0.114. The number of carbonyl (C=O) groups is 2. The number of nitrogens with one attached hydrogen (secondary N) is 1. The Morgan fingerprint density at radius 2 is 1.72 bits per heavy atom. The molecule has 0 radical (unpaired) electrons. The van der Waals surface area contributed by atoms with Crippen LogP contribution in [0.2, 0.25) is 10.0 Å². The van der Waals surface area contributed by atoms with Crippen molar-refractivity contribution in [1.82, 2.24) is 5.32 Å². The molecule has 1 amide bonds. The Hall–Kier alpha value is -2.18. The summed E-state index contributed by atoms with van der Waals surface area (Å²) in [4.78, 5) is 23.4. The van der Waals surface area contributed by atoms with Crippen molar-refractivity contribution in [1.29, 1.82) is 0 Å². The zero-order chi connectivity index (χ0) is 18.6. The fourth-order valence-corrected chi connectivity index (χ4v) is 2.76. The van der Waals surface area contributed by atoms with Crippen LogP contribution in [0.4, 0.5) is 8.78 Å². The number of amides is 1. The lowest BCUT2D eigenvalue weighted by molar-refractivity contribution is -0.141. The van der Waals surface area contributed by atoms with Crippen molar-refractivity contribution in [2.75, 3.05) is 0 Å². The van der Waals surface area contributed by atoms with Gasteiger partial charge in [0.15, 0.2) is 11.6 Å². The van der Waals surface area contributed by atoms with E-state index in [2.05, 4.69) is 5.32 Å². The monoisotopic (exact) mass is 387 g/mol. The molecular weight excluding hydrogens is 375 g/mol. The van der Waals surface area contributed by atoms with Crippen LogP contribution >= 0.6 is 23.2 Å². The van der Waals surface area contributed by atoms with Crippen LogP contribution in [0, 0.1) is 11.6 Å². The van der Waals surface area contributed by atoms with Gasteiger partial charge in [0.1, 0.15) is 6.04 Å².